The summed E-state index contributed by atoms with van der Waals surface area (Å²) in [6, 6.07) is 16.1. The van der Waals surface area contributed by atoms with E-state index in [2.05, 4.69) is 45.9 Å². The molecule has 3 nitrogen and oxygen atoms in total. The molecule has 4 aromatic rings. The summed E-state index contributed by atoms with van der Waals surface area (Å²) < 4.78 is 18.9. The van der Waals surface area contributed by atoms with Gasteiger partial charge in [-0.2, -0.15) is 0 Å². The lowest BCUT2D eigenvalue weighted by atomic mass is 9.77. The Balaban J connectivity index is 1.86. The molecule has 5 rings (SSSR count). The number of furan rings is 1. The second kappa shape index (κ2) is 5.51. The molecule has 0 unspecified atom stereocenters. The Morgan fingerprint density at radius 2 is 1.56 bits per heavy atom. The van der Waals surface area contributed by atoms with E-state index in [0.717, 1.165) is 38.2 Å². The van der Waals surface area contributed by atoms with Crippen molar-refractivity contribution in [2.24, 2.45) is 0 Å². The van der Waals surface area contributed by atoms with Crippen LogP contribution in [0.5, 0.6) is 0 Å². The van der Waals surface area contributed by atoms with Crippen molar-refractivity contribution in [1.82, 2.24) is 0 Å². The van der Waals surface area contributed by atoms with Crippen LogP contribution in [0.1, 0.15) is 27.7 Å². The van der Waals surface area contributed by atoms with Crippen molar-refractivity contribution in [2.75, 3.05) is 0 Å². The Morgan fingerprint density at radius 1 is 0.852 bits per heavy atom. The molecule has 2 heterocycles. The van der Waals surface area contributed by atoms with Crippen LogP contribution in [0.4, 0.5) is 0 Å². The van der Waals surface area contributed by atoms with Gasteiger partial charge in [0.2, 0.25) is 0 Å². The minimum Gasteiger partial charge on any atom is -0.456 e. The van der Waals surface area contributed by atoms with Crippen molar-refractivity contribution in [3.63, 3.8) is 0 Å². The fourth-order valence-corrected chi connectivity index (χ4v) is 3.94. The van der Waals surface area contributed by atoms with Crippen LogP contribution in [0, 0.1) is 0 Å². The standard InChI is InChI=1S/C22H20BClO3/c1-21(2)22(3,4)27-23(26-21)17-11-13-7-5-6-8-15(13)19-16-12-14(24)9-10-18(16)25-20(17)19/h5-12H,1-4H3. The van der Waals surface area contributed by atoms with E-state index in [1.54, 1.807) is 0 Å². The quantitative estimate of drug-likeness (QED) is 0.399. The maximum absolute atomic E-state index is 6.32. The molecule has 0 saturated carbocycles. The number of benzene rings is 3. The fourth-order valence-electron chi connectivity index (χ4n) is 3.77. The van der Waals surface area contributed by atoms with Crippen LogP contribution in [0.2, 0.25) is 5.02 Å². The van der Waals surface area contributed by atoms with Crippen LogP contribution in [0.3, 0.4) is 0 Å². The smallest absolute Gasteiger partial charge is 0.456 e. The van der Waals surface area contributed by atoms with Crippen LogP contribution in [0.25, 0.3) is 32.7 Å². The van der Waals surface area contributed by atoms with E-state index in [4.69, 9.17) is 25.3 Å². The predicted octanol–water partition coefficient (Wildman–Crippen LogP) is 5.69. The Morgan fingerprint density at radius 3 is 2.30 bits per heavy atom. The highest BCUT2D eigenvalue weighted by Crippen LogP contribution is 2.39. The predicted molar refractivity (Wildman–Crippen MR) is 112 cm³/mol. The normalized spacial score (nSPS) is 18.8. The molecular weight excluding hydrogens is 359 g/mol. The summed E-state index contributed by atoms with van der Waals surface area (Å²) in [7, 11) is -0.488. The number of rotatable bonds is 1. The summed E-state index contributed by atoms with van der Waals surface area (Å²) in [6.45, 7) is 8.24. The van der Waals surface area contributed by atoms with E-state index in [-0.39, 0.29) is 0 Å². The van der Waals surface area contributed by atoms with Gasteiger partial charge in [0.1, 0.15) is 11.2 Å². The van der Waals surface area contributed by atoms with Gasteiger partial charge in [-0.1, -0.05) is 41.9 Å². The Kier molecular flexibility index (Phi) is 3.49. The zero-order valence-electron chi connectivity index (χ0n) is 15.8. The fraction of sp³-hybridized carbons (Fsp3) is 0.273. The largest absolute Gasteiger partial charge is 0.498 e. The molecule has 0 aliphatic carbocycles. The highest BCUT2D eigenvalue weighted by Gasteiger charge is 2.52. The average Bonchev–Trinajstić information content (AvgIpc) is 3.08. The molecule has 0 atom stereocenters. The SMILES string of the molecule is CC1(C)OB(c2cc3ccccc3c3c2oc2ccc(Cl)cc23)OC1(C)C. The third-order valence-electron chi connectivity index (χ3n) is 5.96. The van der Waals surface area contributed by atoms with Crippen LogP contribution in [-0.2, 0) is 9.31 Å². The van der Waals surface area contributed by atoms with Crippen LogP contribution in [0.15, 0.2) is 52.9 Å². The molecule has 0 radical (unpaired) electrons. The molecule has 1 aliphatic heterocycles. The van der Waals surface area contributed by atoms with Crippen LogP contribution >= 0.6 is 11.6 Å². The lowest BCUT2D eigenvalue weighted by Gasteiger charge is -2.32. The molecule has 0 bridgehead atoms. The van der Waals surface area contributed by atoms with E-state index in [1.807, 2.05) is 30.3 Å². The van der Waals surface area contributed by atoms with Gasteiger partial charge >= 0.3 is 7.12 Å². The number of hydrogen-bond donors (Lipinski definition) is 0. The maximum Gasteiger partial charge on any atom is 0.498 e. The molecule has 5 heteroatoms. The van der Waals surface area contributed by atoms with E-state index in [1.165, 1.54) is 0 Å². The lowest BCUT2D eigenvalue weighted by molar-refractivity contribution is 0.00578. The molecule has 0 amide bonds. The summed E-state index contributed by atoms with van der Waals surface area (Å²) in [5, 5.41) is 5.00. The first-order chi connectivity index (χ1) is 12.8. The third kappa shape index (κ3) is 2.44. The van der Waals surface area contributed by atoms with Gasteiger partial charge in [-0.15, -0.1) is 0 Å². The second-order valence-corrected chi connectivity index (χ2v) is 8.66. The van der Waals surface area contributed by atoms with Gasteiger partial charge in [0.15, 0.2) is 0 Å². The van der Waals surface area contributed by atoms with E-state index >= 15 is 0 Å². The lowest BCUT2D eigenvalue weighted by Crippen LogP contribution is -2.41. The van der Waals surface area contributed by atoms with Gasteiger partial charge in [0.25, 0.3) is 0 Å². The highest BCUT2D eigenvalue weighted by molar-refractivity contribution is 6.65. The first-order valence-corrected chi connectivity index (χ1v) is 9.54. The Labute approximate surface area is 163 Å². The molecule has 27 heavy (non-hydrogen) atoms. The van der Waals surface area contributed by atoms with Gasteiger partial charge in [-0.25, -0.2) is 0 Å². The molecule has 1 aromatic heterocycles. The molecule has 136 valence electrons. The number of fused-ring (bicyclic) bond motifs is 5. The Bertz CT molecular complexity index is 1190. The van der Waals surface area contributed by atoms with Gasteiger partial charge < -0.3 is 13.7 Å². The van der Waals surface area contributed by atoms with Crippen LogP contribution in [-0.4, -0.2) is 18.3 Å². The summed E-state index contributed by atoms with van der Waals surface area (Å²) in [6.07, 6.45) is 0. The van der Waals surface area contributed by atoms with Crippen molar-refractivity contribution < 1.29 is 13.7 Å². The van der Waals surface area contributed by atoms with Gasteiger partial charge in [-0.05, 0) is 56.7 Å². The minimum absolute atomic E-state index is 0.412. The molecule has 1 saturated heterocycles. The van der Waals surface area contributed by atoms with Crippen molar-refractivity contribution in [3.8, 4) is 0 Å². The first-order valence-electron chi connectivity index (χ1n) is 9.16. The zero-order chi connectivity index (χ0) is 19.0. The van der Waals surface area contributed by atoms with Gasteiger partial charge in [-0.3, -0.25) is 0 Å². The second-order valence-electron chi connectivity index (χ2n) is 8.22. The minimum atomic E-state index is -0.488. The van der Waals surface area contributed by atoms with Crippen molar-refractivity contribution in [3.05, 3.63) is 53.6 Å². The van der Waals surface area contributed by atoms with Crippen molar-refractivity contribution in [2.45, 2.75) is 38.9 Å². The molecule has 1 aliphatic rings. The zero-order valence-corrected chi connectivity index (χ0v) is 16.6. The number of hydrogen-bond acceptors (Lipinski definition) is 3. The molecule has 0 N–H and O–H groups in total. The first kappa shape index (κ1) is 17.1. The van der Waals surface area contributed by atoms with Gasteiger partial charge in [0, 0.05) is 21.3 Å². The number of halogens is 1. The summed E-state index contributed by atoms with van der Waals surface area (Å²) in [4.78, 5) is 0. The molecule has 0 spiro atoms. The van der Waals surface area contributed by atoms with Crippen molar-refractivity contribution >= 4 is 56.9 Å². The van der Waals surface area contributed by atoms with Gasteiger partial charge in [0.05, 0.1) is 11.2 Å². The molecular formula is C22H20BClO3. The topological polar surface area (TPSA) is 31.6 Å². The summed E-state index contributed by atoms with van der Waals surface area (Å²) in [5.41, 5.74) is 1.69. The van der Waals surface area contributed by atoms with E-state index in [0.29, 0.717) is 5.02 Å². The highest BCUT2D eigenvalue weighted by atomic mass is 35.5. The molecule has 3 aromatic carbocycles. The summed E-state index contributed by atoms with van der Waals surface area (Å²) in [5.74, 6) is 0. The monoisotopic (exact) mass is 378 g/mol. The third-order valence-corrected chi connectivity index (χ3v) is 6.20. The van der Waals surface area contributed by atoms with Crippen LogP contribution < -0.4 is 5.46 Å². The Hall–Kier alpha value is -2.01. The molecule has 1 fully saturated rings. The van der Waals surface area contributed by atoms with E-state index < -0.39 is 18.3 Å². The summed E-state index contributed by atoms with van der Waals surface area (Å²) >= 11 is 6.28. The average molecular weight is 379 g/mol. The van der Waals surface area contributed by atoms with Crippen molar-refractivity contribution in [1.29, 1.82) is 0 Å². The maximum atomic E-state index is 6.32. The van der Waals surface area contributed by atoms with E-state index in [9.17, 15) is 0 Å².